The van der Waals surface area contributed by atoms with Crippen molar-refractivity contribution >= 4 is 28.9 Å². The Morgan fingerprint density at radius 1 is 0.964 bits per heavy atom. The molecule has 0 radical (unpaired) electrons. The monoisotopic (exact) mass is 381 g/mol. The minimum absolute atomic E-state index is 0.0647. The first kappa shape index (κ1) is 21.5. The van der Waals surface area contributed by atoms with Gasteiger partial charge in [0.05, 0.1) is 0 Å². The van der Waals surface area contributed by atoms with Gasteiger partial charge in [-0.2, -0.15) is 0 Å². The van der Waals surface area contributed by atoms with Gasteiger partial charge < -0.3 is 15.1 Å². The first-order valence-corrected chi connectivity index (χ1v) is 9.86. The van der Waals surface area contributed by atoms with Crippen molar-refractivity contribution in [3.63, 3.8) is 0 Å². The molecule has 2 rings (SSSR count). The topological polar surface area (TPSA) is 52.7 Å². The molecule has 0 heterocycles. The lowest BCUT2D eigenvalue weighted by molar-refractivity contribution is -0.117. The summed E-state index contributed by atoms with van der Waals surface area (Å²) < 4.78 is 0. The lowest BCUT2D eigenvalue weighted by Gasteiger charge is -2.24. The molecule has 0 bridgehead atoms. The van der Waals surface area contributed by atoms with Crippen LogP contribution in [0.4, 0.5) is 17.1 Å². The first-order chi connectivity index (χ1) is 13.4. The highest BCUT2D eigenvalue weighted by Crippen LogP contribution is 2.23. The Kier molecular flexibility index (Phi) is 7.61. The number of hydrogen-bond donors (Lipinski definition) is 1. The van der Waals surface area contributed by atoms with Crippen LogP contribution in [0.15, 0.2) is 42.5 Å². The van der Waals surface area contributed by atoms with Crippen LogP contribution >= 0.6 is 0 Å². The predicted octanol–water partition coefficient (Wildman–Crippen LogP) is 4.53. The summed E-state index contributed by atoms with van der Waals surface area (Å²) in [5.41, 5.74) is 4.96. The molecular formula is C23H31N3O2. The van der Waals surface area contributed by atoms with Crippen molar-refractivity contribution in [3.8, 4) is 0 Å². The molecule has 0 aromatic heterocycles. The smallest absolute Gasteiger partial charge is 0.226 e. The summed E-state index contributed by atoms with van der Waals surface area (Å²) in [5.74, 6) is -0.169. The second-order valence-electron chi connectivity index (χ2n) is 6.91. The van der Waals surface area contributed by atoms with Crippen LogP contribution in [0.25, 0.3) is 0 Å². The van der Waals surface area contributed by atoms with E-state index in [2.05, 4.69) is 24.1 Å². The molecule has 5 heteroatoms. The molecule has 0 atom stereocenters. The lowest BCUT2D eigenvalue weighted by Crippen LogP contribution is -2.32. The van der Waals surface area contributed by atoms with E-state index in [4.69, 9.17) is 0 Å². The van der Waals surface area contributed by atoms with Crippen LogP contribution in [0, 0.1) is 13.8 Å². The fourth-order valence-electron chi connectivity index (χ4n) is 3.26. The van der Waals surface area contributed by atoms with Crippen molar-refractivity contribution in [1.82, 2.24) is 0 Å². The van der Waals surface area contributed by atoms with Gasteiger partial charge in [0.25, 0.3) is 0 Å². The maximum atomic E-state index is 12.4. The summed E-state index contributed by atoms with van der Waals surface area (Å²) in [4.78, 5) is 28.4. The van der Waals surface area contributed by atoms with E-state index in [0.29, 0.717) is 6.54 Å². The van der Waals surface area contributed by atoms with Crippen molar-refractivity contribution in [1.29, 1.82) is 0 Å². The summed E-state index contributed by atoms with van der Waals surface area (Å²) in [7, 11) is 0. The number of rotatable bonds is 8. The Bertz CT molecular complexity index is 811. The zero-order chi connectivity index (χ0) is 20.7. The average Bonchev–Trinajstić information content (AvgIpc) is 2.67. The van der Waals surface area contributed by atoms with Crippen LogP contribution in [0.1, 0.15) is 38.3 Å². The Morgan fingerprint density at radius 2 is 1.61 bits per heavy atom. The van der Waals surface area contributed by atoms with Gasteiger partial charge in [-0.05, 0) is 69.2 Å². The molecule has 0 aliphatic rings. The molecule has 5 nitrogen and oxygen atoms in total. The predicted molar refractivity (Wildman–Crippen MR) is 117 cm³/mol. The summed E-state index contributed by atoms with van der Waals surface area (Å²) in [6.07, 6.45) is 0.241. The second kappa shape index (κ2) is 9.93. The molecule has 0 aliphatic heterocycles. The lowest BCUT2D eigenvalue weighted by atomic mass is 10.1. The van der Waals surface area contributed by atoms with Gasteiger partial charge in [-0.15, -0.1) is 0 Å². The number of aryl methyl sites for hydroxylation is 1. The third-order valence-electron chi connectivity index (χ3n) is 5.09. The van der Waals surface area contributed by atoms with Gasteiger partial charge in [-0.1, -0.05) is 12.1 Å². The largest absolute Gasteiger partial charge is 0.372 e. The average molecular weight is 382 g/mol. The van der Waals surface area contributed by atoms with Crippen molar-refractivity contribution in [2.24, 2.45) is 0 Å². The van der Waals surface area contributed by atoms with Crippen LogP contribution < -0.4 is 15.1 Å². The maximum Gasteiger partial charge on any atom is 0.226 e. The van der Waals surface area contributed by atoms with E-state index in [-0.39, 0.29) is 18.2 Å². The molecule has 1 N–H and O–H groups in total. The molecule has 28 heavy (non-hydrogen) atoms. The molecule has 0 aliphatic carbocycles. The van der Waals surface area contributed by atoms with Gasteiger partial charge >= 0.3 is 0 Å². The number of nitrogens with zero attached hydrogens (tertiary/aromatic N) is 2. The number of benzene rings is 2. The molecule has 2 amide bonds. The third-order valence-corrected chi connectivity index (χ3v) is 5.09. The fraction of sp³-hybridized carbons (Fsp3) is 0.391. The molecule has 2 aromatic carbocycles. The van der Waals surface area contributed by atoms with Gasteiger partial charge in [0, 0.05) is 50.0 Å². The molecule has 0 fully saturated rings. The van der Waals surface area contributed by atoms with Gasteiger partial charge in [0.2, 0.25) is 11.8 Å². The molecule has 0 saturated carbocycles. The number of amides is 2. The minimum Gasteiger partial charge on any atom is -0.372 e. The van der Waals surface area contributed by atoms with Crippen molar-refractivity contribution in [2.45, 2.75) is 41.0 Å². The van der Waals surface area contributed by atoms with Crippen LogP contribution in [-0.2, 0) is 9.59 Å². The summed E-state index contributed by atoms with van der Waals surface area (Å²) in [6.45, 7) is 12.0. The van der Waals surface area contributed by atoms with Crippen LogP contribution in [0.5, 0.6) is 0 Å². The highest BCUT2D eigenvalue weighted by atomic mass is 16.2. The van der Waals surface area contributed by atoms with Crippen molar-refractivity contribution < 1.29 is 9.59 Å². The Balaban J connectivity index is 2.00. The Hall–Kier alpha value is -2.82. The first-order valence-electron chi connectivity index (χ1n) is 9.86. The number of carbonyl (C=O) groups is 2. The molecule has 0 unspecified atom stereocenters. The van der Waals surface area contributed by atoms with Crippen molar-refractivity contribution in [3.05, 3.63) is 53.6 Å². The van der Waals surface area contributed by atoms with E-state index in [0.717, 1.165) is 41.3 Å². The highest BCUT2D eigenvalue weighted by Gasteiger charge is 2.16. The normalized spacial score (nSPS) is 10.5. The Morgan fingerprint density at radius 3 is 2.18 bits per heavy atom. The molecule has 0 spiro atoms. The van der Waals surface area contributed by atoms with E-state index in [1.165, 1.54) is 6.92 Å². The summed E-state index contributed by atoms with van der Waals surface area (Å²) >= 11 is 0. The van der Waals surface area contributed by atoms with Gasteiger partial charge in [0.15, 0.2) is 0 Å². The number of nitrogens with one attached hydrogen (secondary N) is 1. The van der Waals surface area contributed by atoms with Crippen molar-refractivity contribution in [2.75, 3.05) is 34.8 Å². The summed E-state index contributed by atoms with van der Waals surface area (Å²) in [6, 6.07) is 13.7. The molecule has 150 valence electrons. The molecule has 0 saturated heterocycles. The molecular weight excluding hydrogens is 350 g/mol. The molecule has 2 aromatic rings. The van der Waals surface area contributed by atoms with Crippen LogP contribution in [0.2, 0.25) is 0 Å². The number of carbonyl (C=O) groups excluding carboxylic acids is 2. The minimum atomic E-state index is -0.104. The fourth-order valence-corrected chi connectivity index (χ4v) is 3.26. The summed E-state index contributed by atoms with van der Waals surface area (Å²) in [5, 5.41) is 2.92. The Labute approximate surface area is 168 Å². The van der Waals surface area contributed by atoms with Gasteiger partial charge in [-0.25, -0.2) is 0 Å². The number of hydrogen-bond acceptors (Lipinski definition) is 3. The SMILES string of the molecule is CCN(CC)c1ccc(NC(=O)CCN(C(C)=O)c2cccc(C)c2C)cc1. The van der Waals surface area contributed by atoms with Crippen LogP contribution in [-0.4, -0.2) is 31.4 Å². The van der Waals surface area contributed by atoms with E-state index in [1.54, 1.807) is 4.90 Å². The quantitative estimate of drug-likeness (QED) is 0.731. The second-order valence-corrected chi connectivity index (χ2v) is 6.91. The van der Waals surface area contributed by atoms with Crippen LogP contribution in [0.3, 0.4) is 0 Å². The zero-order valence-electron chi connectivity index (χ0n) is 17.6. The third kappa shape index (κ3) is 5.35. The van der Waals surface area contributed by atoms with E-state index in [1.807, 2.05) is 56.3 Å². The standard InChI is InChI=1S/C23H31N3O2/c1-6-25(7-2)21-13-11-20(12-14-21)24-23(28)15-16-26(19(5)27)22-10-8-9-17(3)18(22)4/h8-14H,6-7,15-16H2,1-5H3,(H,24,28). The van der Waals surface area contributed by atoms with E-state index < -0.39 is 0 Å². The van der Waals surface area contributed by atoms with Gasteiger partial charge in [0.1, 0.15) is 0 Å². The zero-order valence-corrected chi connectivity index (χ0v) is 17.6. The van der Waals surface area contributed by atoms with E-state index >= 15 is 0 Å². The highest BCUT2D eigenvalue weighted by molar-refractivity contribution is 5.95. The maximum absolute atomic E-state index is 12.4. The van der Waals surface area contributed by atoms with E-state index in [9.17, 15) is 9.59 Å². The number of anilines is 3. The van der Waals surface area contributed by atoms with Gasteiger partial charge in [-0.3, -0.25) is 9.59 Å².